The van der Waals surface area contributed by atoms with Crippen LogP contribution in [0.15, 0.2) is 96.6 Å². The minimum Gasteiger partial charge on any atom is -0.506 e. The van der Waals surface area contributed by atoms with Crippen LogP contribution in [0.1, 0.15) is 37.4 Å². The number of carbonyl (C=O) groups excluding carboxylic acids is 1. The predicted molar refractivity (Wildman–Crippen MR) is 143 cm³/mol. The molecule has 1 aliphatic carbocycles. The molecule has 0 spiro atoms. The molecule has 0 saturated carbocycles. The van der Waals surface area contributed by atoms with E-state index in [1.165, 1.54) is 12.1 Å². The standard InChI is InChI=1S/C29H18O6.2Na/c30-26-19-12-6-4-10-17(19)21(14-23(26)28(32)33)25(16-8-2-1-3-9-16)22-15-24(29(34)35)27(31)20-13-7-5-11-18(20)22;;/h1-15,30H,(H,32,33)(H,34,35);;. The Morgan fingerprint density at radius 3 is 1.84 bits per heavy atom. The largest absolute Gasteiger partial charge is 0.506 e. The van der Waals surface area contributed by atoms with Crippen molar-refractivity contribution >= 4 is 98.8 Å². The Balaban J connectivity index is 0.00000190. The van der Waals surface area contributed by atoms with E-state index in [2.05, 4.69) is 0 Å². The van der Waals surface area contributed by atoms with Crippen LogP contribution >= 0.6 is 0 Å². The first-order valence-electron chi connectivity index (χ1n) is 10.8. The van der Waals surface area contributed by atoms with Crippen molar-refractivity contribution in [2.45, 2.75) is 0 Å². The Morgan fingerprint density at radius 1 is 0.649 bits per heavy atom. The van der Waals surface area contributed by atoms with E-state index in [0.29, 0.717) is 38.6 Å². The van der Waals surface area contributed by atoms with Crippen LogP contribution in [0.3, 0.4) is 0 Å². The fourth-order valence-electron chi connectivity index (χ4n) is 4.51. The van der Waals surface area contributed by atoms with Gasteiger partial charge in [0.25, 0.3) is 0 Å². The van der Waals surface area contributed by atoms with E-state index < -0.39 is 17.7 Å². The van der Waals surface area contributed by atoms with Gasteiger partial charge < -0.3 is 15.3 Å². The number of fused-ring (bicyclic) bond motifs is 2. The Hall–Kier alpha value is -2.97. The number of hydrogen-bond acceptors (Lipinski definition) is 4. The summed E-state index contributed by atoms with van der Waals surface area (Å²) in [4.78, 5) is 36.9. The van der Waals surface area contributed by atoms with Crippen LogP contribution in [-0.2, 0) is 4.79 Å². The van der Waals surface area contributed by atoms with Gasteiger partial charge in [-0.25, -0.2) is 9.59 Å². The van der Waals surface area contributed by atoms with Crippen LogP contribution in [0.25, 0.3) is 21.9 Å². The number of aliphatic carboxylic acids is 1. The van der Waals surface area contributed by atoms with Gasteiger partial charge in [0.2, 0.25) is 5.78 Å². The van der Waals surface area contributed by atoms with Gasteiger partial charge in [-0.05, 0) is 45.4 Å². The Kier molecular flexibility index (Phi) is 8.97. The molecule has 6 nitrogen and oxygen atoms in total. The van der Waals surface area contributed by atoms with E-state index in [-0.39, 0.29) is 81.6 Å². The van der Waals surface area contributed by atoms with Crippen LogP contribution in [0.5, 0.6) is 5.75 Å². The number of allylic oxidation sites excluding steroid dienone is 2. The molecule has 0 atom stereocenters. The van der Waals surface area contributed by atoms with E-state index in [1.807, 2.05) is 30.3 Å². The molecule has 4 aromatic rings. The molecule has 172 valence electrons. The van der Waals surface area contributed by atoms with E-state index in [9.17, 15) is 29.7 Å². The van der Waals surface area contributed by atoms with Crippen molar-refractivity contribution in [2.75, 3.05) is 0 Å². The molecule has 0 aromatic heterocycles. The Bertz CT molecular complexity index is 1620. The molecule has 4 aromatic carbocycles. The van der Waals surface area contributed by atoms with Crippen LogP contribution < -0.4 is 0 Å². The maximum atomic E-state index is 12.9. The Morgan fingerprint density at radius 2 is 1.22 bits per heavy atom. The third-order valence-electron chi connectivity index (χ3n) is 6.07. The summed E-state index contributed by atoms with van der Waals surface area (Å²) in [5, 5.41) is 31.2. The second kappa shape index (κ2) is 11.6. The minimum atomic E-state index is -1.35. The molecule has 0 bridgehead atoms. The zero-order valence-electron chi connectivity index (χ0n) is 20.2. The number of carbonyl (C=O) groups is 3. The summed E-state index contributed by atoms with van der Waals surface area (Å²) < 4.78 is 0. The van der Waals surface area contributed by atoms with Crippen molar-refractivity contribution in [1.82, 2.24) is 0 Å². The zero-order valence-corrected chi connectivity index (χ0v) is 24.2. The van der Waals surface area contributed by atoms with Crippen molar-refractivity contribution in [3.8, 4) is 5.75 Å². The topological polar surface area (TPSA) is 112 Å². The summed E-state index contributed by atoms with van der Waals surface area (Å²) in [6.07, 6.45) is 1.34. The smallest absolute Gasteiger partial charge is 0.339 e. The summed E-state index contributed by atoms with van der Waals surface area (Å²) in [5.41, 5.74) is 2.32. The van der Waals surface area contributed by atoms with E-state index in [1.54, 1.807) is 48.5 Å². The minimum absolute atomic E-state index is 0. The SMILES string of the molecule is O=C(O)C1=CC(=C(c2ccccc2)c2cc(C(=O)O)c(O)c3ccccc23)c2ccccc2C1=O.[Na].[Na]. The third kappa shape index (κ3) is 5.09. The summed E-state index contributed by atoms with van der Waals surface area (Å²) in [6, 6.07) is 24.1. The van der Waals surface area contributed by atoms with E-state index in [0.717, 1.165) is 0 Å². The molecule has 0 amide bonds. The molecule has 0 unspecified atom stereocenters. The number of phenols is 1. The normalized spacial score (nSPS) is 13.5. The second-order valence-electron chi connectivity index (χ2n) is 8.06. The monoisotopic (exact) mass is 508 g/mol. The van der Waals surface area contributed by atoms with E-state index >= 15 is 0 Å². The summed E-state index contributed by atoms with van der Waals surface area (Å²) >= 11 is 0. The number of benzene rings is 4. The van der Waals surface area contributed by atoms with Crippen molar-refractivity contribution in [2.24, 2.45) is 0 Å². The van der Waals surface area contributed by atoms with Crippen LogP contribution in [0, 0.1) is 0 Å². The molecule has 5 rings (SSSR count). The number of carboxylic acid groups (broad SMARTS) is 2. The molecule has 1 aliphatic rings. The quantitative estimate of drug-likeness (QED) is 0.273. The number of aromatic carboxylic acids is 1. The van der Waals surface area contributed by atoms with Gasteiger partial charge in [0.05, 0.1) is 0 Å². The molecule has 8 heteroatoms. The molecule has 37 heavy (non-hydrogen) atoms. The number of ketones is 1. The fourth-order valence-corrected chi connectivity index (χ4v) is 4.51. The summed E-state index contributed by atoms with van der Waals surface area (Å²) in [6.45, 7) is 0. The maximum absolute atomic E-state index is 12.9. The number of aromatic hydroxyl groups is 1. The molecule has 0 saturated heterocycles. The molecule has 3 N–H and O–H groups in total. The Labute approximate surface area is 256 Å². The first kappa shape index (κ1) is 28.6. The molecule has 2 radical (unpaired) electrons. The van der Waals surface area contributed by atoms with Gasteiger partial charge in [0.1, 0.15) is 16.9 Å². The van der Waals surface area contributed by atoms with Crippen molar-refractivity contribution in [3.63, 3.8) is 0 Å². The molecular formula is C29H18Na2O6. The van der Waals surface area contributed by atoms with Crippen LogP contribution in [0.2, 0.25) is 0 Å². The van der Waals surface area contributed by atoms with E-state index in [4.69, 9.17) is 0 Å². The van der Waals surface area contributed by atoms with Gasteiger partial charge >= 0.3 is 11.9 Å². The van der Waals surface area contributed by atoms with Crippen molar-refractivity contribution in [1.29, 1.82) is 0 Å². The fraction of sp³-hybridized carbons (Fsp3) is 0. The summed E-state index contributed by atoms with van der Waals surface area (Å²) in [5.74, 6) is -3.59. The predicted octanol–water partition coefficient (Wildman–Crippen LogP) is 4.65. The van der Waals surface area contributed by atoms with Gasteiger partial charge in [-0.3, -0.25) is 4.79 Å². The van der Waals surface area contributed by atoms with Gasteiger partial charge in [-0.2, -0.15) is 0 Å². The molecule has 0 aliphatic heterocycles. The third-order valence-corrected chi connectivity index (χ3v) is 6.07. The molecule has 0 heterocycles. The molecular weight excluding hydrogens is 490 g/mol. The summed E-state index contributed by atoms with van der Waals surface area (Å²) in [7, 11) is 0. The van der Waals surface area contributed by atoms with Gasteiger partial charge in [0, 0.05) is 70.1 Å². The number of rotatable bonds is 4. The second-order valence-corrected chi connectivity index (χ2v) is 8.06. The van der Waals surface area contributed by atoms with Crippen LogP contribution in [-0.4, -0.2) is 92.2 Å². The number of carboxylic acids is 2. The van der Waals surface area contributed by atoms with Gasteiger partial charge in [-0.1, -0.05) is 78.9 Å². The maximum Gasteiger partial charge on any atom is 0.339 e. The first-order valence-corrected chi connectivity index (χ1v) is 10.8. The van der Waals surface area contributed by atoms with Crippen molar-refractivity contribution in [3.05, 3.63) is 124 Å². The number of hydrogen-bond donors (Lipinski definition) is 3. The van der Waals surface area contributed by atoms with Gasteiger partial charge in [0.15, 0.2) is 0 Å². The zero-order chi connectivity index (χ0) is 24.7. The number of Topliss-reactive ketones (excluding diaryl/α,β-unsaturated/α-hetero) is 1. The first-order chi connectivity index (χ1) is 16.9. The average Bonchev–Trinajstić information content (AvgIpc) is 2.87. The van der Waals surface area contributed by atoms with Gasteiger partial charge in [-0.15, -0.1) is 0 Å². The van der Waals surface area contributed by atoms with Crippen molar-refractivity contribution < 1.29 is 29.7 Å². The van der Waals surface area contributed by atoms with Crippen LogP contribution in [0.4, 0.5) is 0 Å². The average molecular weight is 508 g/mol. The molecule has 0 fully saturated rings.